The van der Waals surface area contributed by atoms with Crippen molar-refractivity contribution in [3.05, 3.63) is 22.6 Å². The number of aromatic nitrogens is 1. The van der Waals surface area contributed by atoms with Crippen LogP contribution in [0.15, 0.2) is 16.7 Å². The smallest absolute Gasteiger partial charge is 0.219 e. The van der Waals surface area contributed by atoms with E-state index < -0.39 is 11.7 Å². The number of anilines is 1. The molecule has 1 unspecified atom stereocenters. The molecule has 1 aromatic rings. The normalized spacial score (nSPS) is 12.2. The van der Waals surface area contributed by atoms with Crippen LogP contribution in [0.3, 0.4) is 0 Å². The summed E-state index contributed by atoms with van der Waals surface area (Å²) in [6.45, 7) is 1.73. The molecule has 6 heteroatoms. The molecule has 4 nitrogen and oxygen atoms in total. The molecule has 15 heavy (non-hydrogen) atoms. The molecule has 0 bridgehead atoms. The second-order valence-corrected chi connectivity index (χ2v) is 4.12. The number of nitrogens with one attached hydrogen (secondary N) is 1. The average Bonchev–Trinajstić information content (AvgIpc) is 2.08. The van der Waals surface area contributed by atoms with Gasteiger partial charge in [-0.3, -0.25) is 4.79 Å². The summed E-state index contributed by atoms with van der Waals surface area (Å²) in [5.41, 5.74) is 5.01. The summed E-state index contributed by atoms with van der Waals surface area (Å²) in [6, 6.07) is 1.05. The predicted octanol–water partition coefficient (Wildman–Crippen LogP) is 1.66. The van der Waals surface area contributed by atoms with E-state index in [1.807, 2.05) is 0 Å². The van der Waals surface area contributed by atoms with Crippen LogP contribution in [0.1, 0.15) is 13.3 Å². The van der Waals surface area contributed by atoms with Gasteiger partial charge in [0.05, 0.1) is 0 Å². The maximum atomic E-state index is 13.3. The van der Waals surface area contributed by atoms with Crippen LogP contribution in [-0.2, 0) is 4.79 Å². The Bertz CT molecular complexity index is 372. The number of hydrogen-bond donors (Lipinski definition) is 2. The molecule has 1 amide bonds. The van der Waals surface area contributed by atoms with Gasteiger partial charge in [-0.05, 0) is 28.9 Å². The van der Waals surface area contributed by atoms with E-state index in [0.29, 0.717) is 4.47 Å². The highest BCUT2D eigenvalue weighted by Crippen LogP contribution is 2.17. The topological polar surface area (TPSA) is 68.0 Å². The quantitative estimate of drug-likeness (QED) is 0.878. The summed E-state index contributed by atoms with van der Waals surface area (Å²) in [7, 11) is 0. The Morgan fingerprint density at radius 2 is 2.47 bits per heavy atom. The molecule has 0 spiro atoms. The number of nitrogens with zero attached hydrogens (tertiary/aromatic N) is 1. The Balaban J connectivity index is 2.68. The molecule has 0 aliphatic rings. The van der Waals surface area contributed by atoms with Crippen LogP contribution in [0.2, 0.25) is 0 Å². The van der Waals surface area contributed by atoms with Crippen molar-refractivity contribution >= 4 is 27.7 Å². The fraction of sp³-hybridized carbons (Fsp3) is 0.333. The van der Waals surface area contributed by atoms with E-state index in [9.17, 15) is 9.18 Å². The third kappa shape index (κ3) is 3.83. The molecule has 1 rings (SSSR count). The number of hydrogen-bond acceptors (Lipinski definition) is 3. The standard InChI is InChI=1S/C9H11BrFN3O/c1-5(2-8(12)15)14-9-7(11)3-6(10)4-13-9/h3-5H,2H2,1H3,(H2,12,15)(H,13,14). The Labute approximate surface area is 95.2 Å². The lowest BCUT2D eigenvalue weighted by atomic mass is 10.2. The van der Waals surface area contributed by atoms with Gasteiger partial charge in [-0.2, -0.15) is 0 Å². The summed E-state index contributed by atoms with van der Waals surface area (Å²) in [5.74, 6) is -0.792. The molecule has 1 atom stereocenters. The number of nitrogens with two attached hydrogens (primary N) is 1. The minimum Gasteiger partial charge on any atom is -0.370 e. The molecule has 0 saturated heterocycles. The van der Waals surface area contributed by atoms with Crippen LogP contribution < -0.4 is 11.1 Å². The van der Waals surface area contributed by atoms with Crippen molar-refractivity contribution in [3.63, 3.8) is 0 Å². The minimum atomic E-state index is -0.472. The molecule has 0 aliphatic carbocycles. The van der Waals surface area contributed by atoms with Gasteiger partial charge in [0.15, 0.2) is 11.6 Å². The summed E-state index contributed by atoms with van der Waals surface area (Å²) in [4.78, 5) is 14.4. The van der Waals surface area contributed by atoms with Gasteiger partial charge in [0, 0.05) is 23.1 Å². The predicted molar refractivity (Wildman–Crippen MR) is 58.8 cm³/mol. The number of rotatable bonds is 4. The van der Waals surface area contributed by atoms with E-state index in [4.69, 9.17) is 5.73 Å². The molecular weight excluding hydrogens is 265 g/mol. The molecule has 0 radical (unpaired) electrons. The molecule has 3 N–H and O–H groups in total. The zero-order chi connectivity index (χ0) is 11.4. The van der Waals surface area contributed by atoms with Crippen LogP contribution in [0, 0.1) is 5.82 Å². The fourth-order valence-electron chi connectivity index (χ4n) is 1.11. The zero-order valence-electron chi connectivity index (χ0n) is 8.13. The number of carbonyl (C=O) groups excluding carboxylic acids is 1. The molecule has 82 valence electrons. The van der Waals surface area contributed by atoms with E-state index in [0.717, 1.165) is 0 Å². The molecule has 0 aliphatic heterocycles. The number of halogens is 2. The molecular formula is C9H11BrFN3O. The second kappa shape index (κ2) is 5.06. The lowest BCUT2D eigenvalue weighted by Crippen LogP contribution is -2.24. The van der Waals surface area contributed by atoms with Crippen molar-refractivity contribution < 1.29 is 9.18 Å². The highest BCUT2D eigenvalue weighted by Gasteiger charge is 2.10. The van der Waals surface area contributed by atoms with Crippen molar-refractivity contribution in [2.75, 3.05) is 5.32 Å². The van der Waals surface area contributed by atoms with Crippen LogP contribution in [0.4, 0.5) is 10.2 Å². The van der Waals surface area contributed by atoms with E-state index in [1.165, 1.54) is 12.3 Å². The average molecular weight is 276 g/mol. The highest BCUT2D eigenvalue weighted by molar-refractivity contribution is 9.10. The van der Waals surface area contributed by atoms with E-state index in [-0.39, 0.29) is 18.3 Å². The molecule has 1 heterocycles. The maximum Gasteiger partial charge on any atom is 0.219 e. The number of pyridine rings is 1. The largest absolute Gasteiger partial charge is 0.370 e. The lowest BCUT2D eigenvalue weighted by molar-refractivity contribution is -0.118. The van der Waals surface area contributed by atoms with Gasteiger partial charge in [-0.1, -0.05) is 0 Å². The van der Waals surface area contributed by atoms with Crippen molar-refractivity contribution in [1.82, 2.24) is 4.98 Å². The second-order valence-electron chi connectivity index (χ2n) is 3.20. The first-order valence-electron chi connectivity index (χ1n) is 4.35. The monoisotopic (exact) mass is 275 g/mol. The fourth-order valence-corrected chi connectivity index (χ4v) is 1.41. The number of amides is 1. The number of primary amides is 1. The Kier molecular flexibility index (Phi) is 4.02. The molecule has 0 aromatic carbocycles. The summed E-state index contributed by atoms with van der Waals surface area (Å²) in [6.07, 6.45) is 1.61. The zero-order valence-corrected chi connectivity index (χ0v) is 9.71. The van der Waals surface area contributed by atoms with Crippen LogP contribution in [0.25, 0.3) is 0 Å². The summed E-state index contributed by atoms with van der Waals surface area (Å²) in [5, 5.41) is 2.76. The Hall–Kier alpha value is -1.17. The van der Waals surface area contributed by atoms with E-state index in [1.54, 1.807) is 6.92 Å². The van der Waals surface area contributed by atoms with Gasteiger partial charge >= 0.3 is 0 Å². The summed E-state index contributed by atoms with van der Waals surface area (Å²) >= 11 is 3.10. The number of carbonyl (C=O) groups is 1. The maximum absolute atomic E-state index is 13.3. The van der Waals surface area contributed by atoms with Gasteiger partial charge < -0.3 is 11.1 Å². The molecule has 0 saturated carbocycles. The third-order valence-electron chi connectivity index (χ3n) is 1.70. The van der Waals surface area contributed by atoms with Crippen molar-refractivity contribution in [3.8, 4) is 0 Å². The summed E-state index contributed by atoms with van der Waals surface area (Å²) < 4.78 is 13.8. The highest BCUT2D eigenvalue weighted by atomic mass is 79.9. The SMILES string of the molecule is CC(CC(N)=O)Nc1ncc(Br)cc1F. The van der Waals surface area contributed by atoms with Gasteiger partial charge in [-0.25, -0.2) is 9.37 Å². The first kappa shape index (κ1) is 11.9. The van der Waals surface area contributed by atoms with E-state index >= 15 is 0 Å². The molecule has 1 aromatic heterocycles. The van der Waals surface area contributed by atoms with Crippen molar-refractivity contribution in [2.45, 2.75) is 19.4 Å². The molecule has 0 fully saturated rings. The lowest BCUT2D eigenvalue weighted by Gasteiger charge is -2.12. The third-order valence-corrected chi connectivity index (χ3v) is 2.13. The van der Waals surface area contributed by atoms with Gasteiger partial charge in [0.1, 0.15) is 0 Å². The van der Waals surface area contributed by atoms with Gasteiger partial charge in [0.2, 0.25) is 5.91 Å². The first-order chi connectivity index (χ1) is 6.99. The van der Waals surface area contributed by atoms with Gasteiger partial charge in [0.25, 0.3) is 0 Å². The van der Waals surface area contributed by atoms with Crippen molar-refractivity contribution in [1.29, 1.82) is 0 Å². The van der Waals surface area contributed by atoms with Gasteiger partial charge in [-0.15, -0.1) is 0 Å². The van der Waals surface area contributed by atoms with Crippen LogP contribution in [-0.4, -0.2) is 16.9 Å². The van der Waals surface area contributed by atoms with Crippen molar-refractivity contribution in [2.24, 2.45) is 5.73 Å². The van der Waals surface area contributed by atoms with Crippen LogP contribution >= 0.6 is 15.9 Å². The Morgan fingerprint density at radius 1 is 1.80 bits per heavy atom. The first-order valence-corrected chi connectivity index (χ1v) is 5.14. The minimum absolute atomic E-state index is 0.118. The van der Waals surface area contributed by atoms with Crippen LogP contribution in [0.5, 0.6) is 0 Å². The Morgan fingerprint density at radius 3 is 3.00 bits per heavy atom. The van der Waals surface area contributed by atoms with E-state index in [2.05, 4.69) is 26.2 Å².